The summed E-state index contributed by atoms with van der Waals surface area (Å²) in [5.74, 6) is -0.0946. The largest absolute Gasteiger partial charge is 0.322 e. The topological polar surface area (TPSA) is 60.0 Å². The van der Waals surface area contributed by atoms with E-state index >= 15 is 0 Å². The van der Waals surface area contributed by atoms with Gasteiger partial charge < -0.3 is 15.5 Å². The molecule has 1 unspecified atom stereocenters. The van der Waals surface area contributed by atoms with Gasteiger partial charge in [-0.3, -0.25) is 14.7 Å². The van der Waals surface area contributed by atoms with Crippen LogP contribution in [0.25, 0.3) is 0 Å². The first-order valence-electron chi connectivity index (χ1n) is 10.4. The predicted octanol–water partition coefficient (Wildman–Crippen LogP) is 3.15. The van der Waals surface area contributed by atoms with Crippen molar-refractivity contribution >= 4 is 28.5 Å². The Morgan fingerprint density at radius 1 is 1.10 bits per heavy atom. The molecule has 5 rings (SSSR count). The third kappa shape index (κ3) is 4.01. The number of rotatable bonds is 5. The van der Waals surface area contributed by atoms with Crippen LogP contribution in [0.1, 0.15) is 22.0 Å². The number of nitrogens with one attached hydrogen (secondary N) is 2. The maximum atomic E-state index is 12.7. The molecular weight excluding hydrogens is 394 g/mol. The maximum Gasteiger partial charge on any atom is 0.255 e. The van der Waals surface area contributed by atoms with E-state index in [1.54, 1.807) is 11.8 Å². The van der Waals surface area contributed by atoms with Crippen molar-refractivity contribution in [3.8, 4) is 0 Å². The van der Waals surface area contributed by atoms with Crippen LogP contribution in [0.2, 0.25) is 0 Å². The summed E-state index contributed by atoms with van der Waals surface area (Å²) in [6.45, 7) is 6.06. The smallest absolute Gasteiger partial charge is 0.255 e. The van der Waals surface area contributed by atoms with Crippen LogP contribution in [0.4, 0.5) is 5.69 Å². The number of nitrogens with zero attached hydrogens (tertiary/aromatic N) is 3. The molecule has 2 N–H and O–H groups in total. The van der Waals surface area contributed by atoms with Crippen molar-refractivity contribution in [2.45, 2.75) is 6.04 Å². The van der Waals surface area contributed by atoms with E-state index in [0.29, 0.717) is 5.56 Å². The molecule has 0 saturated carbocycles. The molecule has 2 aromatic carbocycles. The molecule has 3 heterocycles. The van der Waals surface area contributed by atoms with Gasteiger partial charge in [0.1, 0.15) is 0 Å². The Morgan fingerprint density at radius 2 is 1.87 bits per heavy atom. The summed E-state index contributed by atoms with van der Waals surface area (Å²) in [7, 11) is 0. The number of piperazine rings is 1. The Bertz CT molecular complexity index is 984. The van der Waals surface area contributed by atoms with Crippen LogP contribution in [0.15, 0.2) is 70.7 Å². The SMILES string of the molecule is O=C(Nc1ccccc1C1CN2C(CN3CCNCC3)=CSC2=N1)c1ccccc1. The Morgan fingerprint density at radius 3 is 2.70 bits per heavy atom. The molecule has 0 radical (unpaired) electrons. The fraction of sp³-hybridized carbons (Fsp3) is 0.304. The average molecular weight is 420 g/mol. The second-order valence-corrected chi connectivity index (χ2v) is 8.54. The molecule has 1 saturated heterocycles. The van der Waals surface area contributed by atoms with Gasteiger partial charge in [0.25, 0.3) is 5.91 Å². The lowest BCUT2D eigenvalue weighted by Crippen LogP contribution is -2.45. The second kappa shape index (κ2) is 8.63. The van der Waals surface area contributed by atoms with Crippen LogP contribution < -0.4 is 10.6 Å². The van der Waals surface area contributed by atoms with E-state index in [2.05, 4.69) is 31.9 Å². The minimum atomic E-state index is -0.0946. The van der Waals surface area contributed by atoms with E-state index < -0.39 is 0 Å². The summed E-state index contributed by atoms with van der Waals surface area (Å²) >= 11 is 1.71. The minimum Gasteiger partial charge on any atom is -0.322 e. The van der Waals surface area contributed by atoms with Crippen LogP contribution in [0.3, 0.4) is 0 Å². The number of carbonyl (C=O) groups is 1. The highest BCUT2D eigenvalue weighted by Crippen LogP contribution is 2.39. The molecule has 1 atom stereocenters. The highest BCUT2D eigenvalue weighted by molar-refractivity contribution is 8.16. The van der Waals surface area contributed by atoms with E-state index in [9.17, 15) is 4.79 Å². The highest BCUT2D eigenvalue weighted by atomic mass is 32.2. The third-order valence-corrected chi connectivity index (χ3v) is 6.63. The number of aliphatic imine (C=N–C) groups is 1. The van der Waals surface area contributed by atoms with Gasteiger partial charge in [0.2, 0.25) is 0 Å². The van der Waals surface area contributed by atoms with Gasteiger partial charge in [0.15, 0.2) is 5.17 Å². The number of hydrogen-bond acceptors (Lipinski definition) is 6. The van der Waals surface area contributed by atoms with Crippen LogP contribution in [0.5, 0.6) is 0 Å². The third-order valence-electron chi connectivity index (χ3n) is 5.70. The highest BCUT2D eigenvalue weighted by Gasteiger charge is 2.34. The van der Waals surface area contributed by atoms with E-state index in [4.69, 9.17) is 4.99 Å². The zero-order valence-electron chi connectivity index (χ0n) is 16.8. The van der Waals surface area contributed by atoms with Crippen LogP contribution in [0, 0.1) is 0 Å². The number of amidine groups is 1. The standard InChI is InChI=1S/C23H25N5OS/c29-22(17-6-2-1-3-7-17)25-20-9-5-4-8-19(20)21-15-28-18(16-30-23(28)26-21)14-27-12-10-24-11-13-27/h1-9,16,21,24H,10-15H2,(H,25,29). The second-order valence-electron chi connectivity index (χ2n) is 7.70. The number of amides is 1. The van der Waals surface area contributed by atoms with E-state index in [1.807, 2.05) is 48.5 Å². The van der Waals surface area contributed by atoms with Gasteiger partial charge >= 0.3 is 0 Å². The number of hydrogen-bond donors (Lipinski definition) is 2. The average Bonchev–Trinajstić information content (AvgIpc) is 3.37. The van der Waals surface area contributed by atoms with Crippen LogP contribution in [-0.4, -0.2) is 60.1 Å². The first-order valence-corrected chi connectivity index (χ1v) is 11.3. The van der Waals surface area contributed by atoms with E-state index in [-0.39, 0.29) is 11.9 Å². The zero-order valence-corrected chi connectivity index (χ0v) is 17.6. The van der Waals surface area contributed by atoms with Crippen molar-refractivity contribution in [3.05, 3.63) is 76.8 Å². The van der Waals surface area contributed by atoms with Gasteiger partial charge in [0.05, 0.1) is 12.6 Å². The number of anilines is 1. The Balaban J connectivity index is 1.30. The summed E-state index contributed by atoms with van der Waals surface area (Å²) in [6.07, 6.45) is 0. The number of fused-ring (bicyclic) bond motifs is 1. The summed E-state index contributed by atoms with van der Waals surface area (Å²) in [4.78, 5) is 22.5. The molecule has 0 aliphatic carbocycles. The number of carbonyl (C=O) groups excluding carboxylic acids is 1. The summed E-state index contributed by atoms with van der Waals surface area (Å²) in [6, 6.07) is 17.3. The van der Waals surface area contributed by atoms with Crippen molar-refractivity contribution in [1.29, 1.82) is 0 Å². The molecular formula is C23H25N5OS. The normalized spacial score (nSPS) is 21.2. The molecule has 154 valence electrons. The molecule has 0 aromatic heterocycles. The number of benzene rings is 2. The van der Waals surface area contributed by atoms with Gasteiger partial charge in [-0.15, -0.1) is 0 Å². The molecule has 1 fully saturated rings. The van der Waals surface area contributed by atoms with Crippen molar-refractivity contribution in [3.63, 3.8) is 0 Å². The molecule has 3 aliphatic rings. The van der Waals surface area contributed by atoms with Gasteiger partial charge in [-0.2, -0.15) is 0 Å². The summed E-state index contributed by atoms with van der Waals surface area (Å²) < 4.78 is 0. The van der Waals surface area contributed by atoms with Gasteiger partial charge in [-0.25, -0.2) is 0 Å². The first-order chi connectivity index (χ1) is 14.8. The monoisotopic (exact) mass is 419 g/mol. The van der Waals surface area contributed by atoms with Crippen LogP contribution in [-0.2, 0) is 0 Å². The van der Waals surface area contributed by atoms with Crippen LogP contribution >= 0.6 is 11.8 Å². The first kappa shape index (κ1) is 19.4. The Labute approximate surface area is 181 Å². The molecule has 7 heteroatoms. The van der Waals surface area contributed by atoms with Gasteiger partial charge in [-0.1, -0.05) is 48.2 Å². The maximum absolute atomic E-state index is 12.7. The van der Waals surface area contributed by atoms with Crippen molar-refractivity contribution in [2.24, 2.45) is 4.99 Å². The molecule has 3 aliphatic heterocycles. The summed E-state index contributed by atoms with van der Waals surface area (Å²) in [5, 5.41) is 9.79. The molecule has 0 bridgehead atoms. The minimum absolute atomic E-state index is 0.0199. The summed E-state index contributed by atoms with van der Waals surface area (Å²) in [5.41, 5.74) is 3.88. The molecule has 30 heavy (non-hydrogen) atoms. The quantitative estimate of drug-likeness (QED) is 0.780. The van der Waals surface area contributed by atoms with Crippen molar-refractivity contribution in [2.75, 3.05) is 44.6 Å². The Hall–Kier alpha value is -2.61. The van der Waals surface area contributed by atoms with Crippen molar-refractivity contribution < 1.29 is 4.79 Å². The van der Waals surface area contributed by atoms with Crippen molar-refractivity contribution in [1.82, 2.24) is 15.1 Å². The molecule has 0 spiro atoms. The fourth-order valence-corrected chi connectivity index (χ4v) is 5.04. The molecule has 1 amide bonds. The zero-order chi connectivity index (χ0) is 20.3. The number of thioether (sulfide) groups is 1. The predicted molar refractivity (Wildman–Crippen MR) is 123 cm³/mol. The van der Waals surface area contributed by atoms with Gasteiger partial charge in [-0.05, 0) is 23.6 Å². The lowest BCUT2D eigenvalue weighted by molar-refractivity contribution is 0.102. The molecule has 6 nitrogen and oxygen atoms in total. The fourth-order valence-electron chi connectivity index (χ4n) is 4.09. The van der Waals surface area contributed by atoms with Gasteiger partial charge in [0, 0.05) is 55.2 Å². The Kier molecular flexibility index (Phi) is 5.57. The van der Waals surface area contributed by atoms with E-state index in [1.165, 1.54) is 5.70 Å². The lowest BCUT2D eigenvalue weighted by atomic mass is 10.0. The number of para-hydroxylation sites is 1. The molecule has 2 aromatic rings. The lowest BCUT2D eigenvalue weighted by Gasteiger charge is -2.29. The van der Waals surface area contributed by atoms with E-state index in [0.717, 1.165) is 55.7 Å².